The summed E-state index contributed by atoms with van der Waals surface area (Å²) in [5.41, 5.74) is -0.258. The Morgan fingerprint density at radius 3 is 1.07 bits per heavy atom. The van der Waals surface area contributed by atoms with Gasteiger partial charge in [-0.3, -0.25) is 0 Å². The molecule has 230 valence electrons. The Kier molecular flexibility index (Phi) is 9.01. The fourth-order valence-corrected chi connectivity index (χ4v) is 9.83. The van der Waals surface area contributed by atoms with E-state index in [-0.39, 0.29) is 22.1 Å². The highest BCUT2D eigenvalue weighted by atomic mass is 31.1. The van der Waals surface area contributed by atoms with Gasteiger partial charge in [0.2, 0.25) is 5.82 Å². The Labute approximate surface area is 249 Å². The molecule has 0 fully saturated rings. The number of phenols is 2. The maximum Gasteiger partial charge on any atom is 0.200 e. The van der Waals surface area contributed by atoms with E-state index in [1.807, 2.05) is 53.7 Å². The molecule has 3 aromatic rings. The largest absolute Gasteiger partial charge is 0.507 e. The van der Waals surface area contributed by atoms with Crippen molar-refractivity contribution in [1.82, 2.24) is 0 Å². The van der Waals surface area contributed by atoms with Gasteiger partial charge in [-0.1, -0.05) is 115 Å². The molecule has 42 heavy (non-hydrogen) atoms. The molecule has 10 heteroatoms. The third kappa shape index (κ3) is 6.34. The smallest absolute Gasteiger partial charge is 0.200 e. The van der Waals surface area contributed by atoms with Crippen LogP contribution in [0.3, 0.4) is 0 Å². The van der Waals surface area contributed by atoms with Crippen molar-refractivity contribution in [3.63, 3.8) is 0 Å². The maximum atomic E-state index is 15.8. The minimum absolute atomic E-state index is 0.0425. The fourth-order valence-electron chi connectivity index (χ4n) is 4.75. The minimum Gasteiger partial charge on any atom is -0.507 e. The Morgan fingerprint density at radius 1 is 0.524 bits per heavy atom. The van der Waals surface area contributed by atoms with E-state index in [2.05, 4.69) is 39.3 Å². The van der Waals surface area contributed by atoms with Crippen LogP contribution in [0.4, 0.5) is 22.0 Å². The minimum atomic E-state index is -2.68. The maximum absolute atomic E-state index is 15.8. The summed E-state index contributed by atoms with van der Waals surface area (Å²) >= 11 is 0. The Morgan fingerprint density at radius 2 is 0.810 bits per heavy atom. The predicted octanol–water partition coefficient (Wildman–Crippen LogP) is 7.24. The van der Waals surface area contributed by atoms with E-state index >= 15 is 8.78 Å². The van der Waals surface area contributed by atoms with Gasteiger partial charge in [-0.25, -0.2) is 22.0 Å². The van der Waals surface area contributed by atoms with Crippen molar-refractivity contribution in [3.8, 4) is 11.5 Å². The summed E-state index contributed by atoms with van der Waals surface area (Å²) in [4.78, 5) is 0. The van der Waals surface area contributed by atoms with E-state index in [1.165, 1.54) is 0 Å². The van der Waals surface area contributed by atoms with Crippen molar-refractivity contribution in [3.05, 3.63) is 64.5 Å². The number of rotatable bonds is 5. The number of hydrogen-bond acceptors (Lipinski definition) is 2. The van der Waals surface area contributed by atoms with Gasteiger partial charge in [-0.15, -0.1) is 0 Å². The summed E-state index contributed by atoms with van der Waals surface area (Å²) < 4.78 is 75.5. The Bertz CT molecular complexity index is 1430. The highest BCUT2D eigenvalue weighted by molar-refractivity contribution is 7.80. The van der Waals surface area contributed by atoms with E-state index in [1.54, 1.807) is 12.1 Å². The zero-order chi connectivity index (χ0) is 32.5. The van der Waals surface area contributed by atoms with Gasteiger partial charge in [0.05, 0.1) is 21.5 Å². The van der Waals surface area contributed by atoms with Crippen LogP contribution >= 0.6 is 7.92 Å². The molecule has 0 saturated heterocycles. The van der Waals surface area contributed by atoms with Crippen LogP contribution in [0.1, 0.15) is 52.7 Å². The summed E-state index contributed by atoms with van der Waals surface area (Å²) in [6.45, 7) is 23.7. The summed E-state index contributed by atoms with van der Waals surface area (Å²) in [5, 5.41) is 24.3. The molecule has 0 unspecified atom stereocenters. The number of phenolic OH excluding ortho intramolecular Hbond substituents is 2. The first kappa shape index (κ1) is 34.3. The molecular formula is C32H42F5O2PSi2. The number of aromatic hydroxyl groups is 2. The molecule has 0 aromatic heterocycles. The number of halogens is 5. The molecular weight excluding hydrogens is 598 g/mol. The molecule has 2 N–H and O–H groups in total. The van der Waals surface area contributed by atoms with Gasteiger partial charge in [-0.05, 0) is 22.0 Å². The van der Waals surface area contributed by atoms with Gasteiger partial charge >= 0.3 is 0 Å². The molecule has 3 aromatic carbocycles. The van der Waals surface area contributed by atoms with Gasteiger partial charge in [-0.2, -0.15) is 0 Å². The average Bonchev–Trinajstić information content (AvgIpc) is 2.82. The van der Waals surface area contributed by atoms with Crippen molar-refractivity contribution >= 4 is 50.4 Å². The van der Waals surface area contributed by atoms with E-state index in [9.17, 15) is 23.4 Å². The number of hydrogen-bond donors (Lipinski definition) is 2. The zero-order valence-electron chi connectivity index (χ0n) is 26.5. The second-order valence-corrected chi connectivity index (χ2v) is 27.3. The van der Waals surface area contributed by atoms with Crippen LogP contribution in [-0.4, -0.2) is 26.4 Å². The van der Waals surface area contributed by atoms with E-state index < -0.39 is 69.3 Å². The molecule has 0 atom stereocenters. The van der Waals surface area contributed by atoms with Gasteiger partial charge in [0.15, 0.2) is 23.3 Å². The first-order chi connectivity index (χ1) is 18.8. The topological polar surface area (TPSA) is 40.5 Å². The van der Waals surface area contributed by atoms with Crippen LogP contribution in [0.2, 0.25) is 39.3 Å². The molecule has 0 aliphatic rings. The normalized spacial score (nSPS) is 13.3. The van der Waals surface area contributed by atoms with Crippen molar-refractivity contribution in [2.45, 2.75) is 91.7 Å². The van der Waals surface area contributed by atoms with Crippen LogP contribution < -0.4 is 26.3 Å². The van der Waals surface area contributed by atoms with E-state index in [0.717, 1.165) is 10.4 Å². The standard InChI is InChI=1S/C32H42F5O2PSi2/c1-31(2,3)19-13-17(41(7,8)9)15-21(28(19)38)40(30-26(36)24(34)23(33)25(35)27(30)37)22-16-18(42(10,11)12)14-20(29(22)39)32(4,5)6/h13-16,38-39H,1-12H3. The lowest BCUT2D eigenvalue weighted by Gasteiger charge is -2.32. The lowest BCUT2D eigenvalue weighted by Crippen LogP contribution is -2.43. The molecule has 0 amide bonds. The van der Waals surface area contributed by atoms with Gasteiger partial charge in [0.25, 0.3) is 0 Å². The van der Waals surface area contributed by atoms with Crippen molar-refractivity contribution < 1.29 is 32.2 Å². The molecule has 0 spiro atoms. The monoisotopic (exact) mass is 640 g/mol. The molecule has 2 nitrogen and oxygen atoms in total. The highest BCUT2D eigenvalue weighted by Crippen LogP contribution is 2.46. The molecule has 0 heterocycles. The van der Waals surface area contributed by atoms with Crippen molar-refractivity contribution in [2.75, 3.05) is 0 Å². The quantitative estimate of drug-likeness (QED) is 0.102. The molecule has 0 aliphatic heterocycles. The van der Waals surface area contributed by atoms with Gasteiger partial charge in [0, 0.05) is 18.5 Å². The summed E-state index contributed by atoms with van der Waals surface area (Å²) in [6.07, 6.45) is 0. The summed E-state index contributed by atoms with van der Waals surface area (Å²) in [6, 6.07) is 7.02. The van der Waals surface area contributed by atoms with Gasteiger partial charge < -0.3 is 10.2 Å². The molecule has 0 radical (unpaired) electrons. The third-order valence-electron chi connectivity index (χ3n) is 7.42. The van der Waals surface area contributed by atoms with Crippen LogP contribution in [0.15, 0.2) is 24.3 Å². The summed E-state index contributed by atoms with van der Waals surface area (Å²) in [7, 11) is -6.98. The SMILES string of the molecule is CC(C)(C)c1cc([Si](C)(C)C)cc(P(c2cc([Si](C)(C)C)cc(C(C)(C)C)c2O)c2c(F)c(F)c(F)c(F)c2F)c1O. The van der Waals surface area contributed by atoms with E-state index in [0.29, 0.717) is 11.1 Å². The second kappa shape index (κ2) is 11.0. The first-order valence-corrected chi connectivity index (χ1v) is 22.2. The molecule has 0 saturated carbocycles. The predicted molar refractivity (Wildman–Crippen MR) is 172 cm³/mol. The van der Waals surface area contributed by atoms with Crippen LogP contribution in [0.25, 0.3) is 0 Å². The lowest BCUT2D eigenvalue weighted by molar-refractivity contribution is 0.384. The van der Waals surface area contributed by atoms with Crippen molar-refractivity contribution in [2.24, 2.45) is 0 Å². The number of benzene rings is 3. The Hall–Kier alpha value is -2.23. The van der Waals surface area contributed by atoms with Gasteiger partial charge in [0.1, 0.15) is 11.5 Å². The lowest BCUT2D eigenvalue weighted by atomic mass is 9.86. The Balaban J connectivity index is 2.73. The van der Waals surface area contributed by atoms with Crippen LogP contribution in [-0.2, 0) is 10.8 Å². The summed E-state index contributed by atoms with van der Waals surface area (Å²) in [5.74, 6) is -10.9. The first-order valence-electron chi connectivity index (χ1n) is 13.9. The average molecular weight is 641 g/mol. The highest BCUT2D eigenvalue weighted by Gasteiger charge is 2.39. The molecule has 3 rings (SSSR count). The zero-order valence-corrected chi connectivity index (χ0v) is 29.4. The van der Waals surface area contributed by atoms with Crippen LogP contribution in [0, 0.1) is 29.1 Å². The molecule has 0 bridgehead atoms. The van der Waals surface area contributed by atoms with Crippen molar-refractivity contribution in [1.29, 1.82) is 0 Å². The third-order valence-corrected chi connectivity index (χ3v) is 13.9. The second-order valence-electron chi connectivity index (χ2n) is 15.0. The van der Waals surface area contributed by atoms with E-state index in [4.69, 9.17) is 0 Å². The van der Waals surface area contributed by atoms with Crippen LogP contribution in [0.5, 0.6) is 11.5 Å². The molecule has 0 aliphatic carbocycles. The fraction of sp³-hybridized carbons (Fsp3) is 0.438.